The number of fused-ring (bicyclic) bond motifs is 2. The molecule has 2 atom stereocenters. The van der Waals surface area contributed by atoms with E-state index in [4.69, 9.17) is 4.74 Å². The van der Waals surface area contributed by atoms with E-state index >= 15 is 0 Å². The van der Waals surface area contributed by atoms with Gasteiger partial charge in [-0.05, 0) is 43.9 Å². The number of carbonyl (C=O) groups excluding carboxylic acids is 1. The van der Waals surface area contributed by atoms with Crippen LogP contribution in [0.5, 0.6) is 5.75 Å². The van der Waals surface area contributed by atoms with Crippen molar-refractivity contribution in [3.8, 4) is 5.75 Å². The fourth-order valence-corrected chi connectivity index (χ4v) is 3.60. The van der Waals surface area contributed by atoms with Crippen LogP contribution in [0.4, 0.5) is 13.2 Å². The van der Waals surface area contributed by atoms with Crippen molar-refractivity contribution in [1.82, 2.24) is 10.6 Å². The molecule has 0 radical (unpaired) electrons. The summed E-state index contributed by atoms with van der Waals surface area (Å²) in [5.74, 6) is -0.404. The van der Waals surface area contributed by atoms with Gasteiger partial charge in [0.05, 0.1) is 11.1 Å². The highest BCUT2D eigenvalue weighted by atomic mass is 35.5. The quantitative estimate of drug-likeness (QED) is 0.754. The van der Waals surface area contributed by atoms with E-state index in [1.165, 1.54) is 12.1 Å². The van der Waals surface area contributed by atoms with Crippen molar-refractivity contribution in [3.63, 3.8) is 0 Å². The number of ether oxygens (including phenoxy) is 1. The molecule has 2 bridgehead atoms. The number of halogens is 4. The maximum absolute atomic E-state index is 13.0. The third-order valence-corrected chi connectivity index (χ3v) is 4.72. The normalized spacial score (nSPS) is 24.5. The molecule has 4 nitrogen and oxygen atoms in total. The van der Waals surface area contributed by atoms with Gasteiger partial charge in [-0.2, -0.15) is 13.2 Å². The lowest BCUT2D eigenvalue weighted by Gasteiger charge is -2.30. The summed E-state index contributed by atoms with van der Waals surface area (Å²) in [5, 5.41) is 6.35. The van der Waals surface area contributed by atoms with E-state index in [1.54, 1.807) is 0 Å². The predicted molar refractivity (Wildman–Crippen MR) is 94.8 cm³/mol. The number of piperidine rings is 1. The summed E-state index contributed by atoms with van der Waals surface area (Å²) < 4.78 is 44.3. The second-order valence-electron chi connectivity index (χ2n) is 6.59. The second-order valence-corrected chi connectivity index (χ2v) is 6.59. The summed E-state index contributed by atoms with van der Waals surface area (Å²) in [5.41, 5.74) is -0.962. The van der Waals surface area contributed by atoms with Gasteiger partial charge < -0.3 is 15.4 Å². The molecule has 0 aromatic heterocycles. The molecule has 2 saturated heterocycles. The molecular formula is C18H22ClF3N2O2. The molecule has 0 spiro atoms. The van der Waals surface area contributed by atoms with Crippen LogP contribution in [0, 0.1) is 0 Å². The molecule has 2 fully saturated rings. The SMILES string of the molecule is C=CCOc1ccc(C(F)(F)F)cc1C(=O)NC1CC2CCC(C1)N2.Cl. The van der Waals surface area contributed by atoms with E-state index < -0.39 is 17.6 Å². The maximum Gasteiger partial charge on any atom is 0.416 e. The van der Waals surface area contributed by atoms with Crippen LogP contribution in [0.25, 0.3) is 0 Å². The number of nitrogens with one attached hydrogen (secondary N) is 2. The summed E-state index contributed by atoms with van der Waals surface area (Å²) in [7, 11) is 0. The van der Waals surface area contributed by atoms with E-state index in [-0.39, 0.29) is 36.4 Å². The van der Waals surface area contributed by atoms with E-state index in [0.717, 1.165) is 37.8 Å². The first-order valence-electron chi connectivity index (χ1n) is 8.38. The van der Waals surface area contributed by atoms with Gasteiger partial charge in [0.15, 0.2) is 0 Å². The molecule has 2 aliphatic heterocycles. The highest BCUT2D eigenvalue weighted by molar-refractivity contribution is 5.97. The first-order chi connectivity index (χ1) is 11.9. The van der Waals surface area contributed by atoms with Gasteiger partial charge in [0.1, 0.15) is 12.4 Å². The van der Waals surface area contributed by atoms with E-state index in [0.29, 0.717) is 12.1 Å². The Morgan fingerprint density at radius 1 is 1.31 bits per heavy atom. The molecule has 2 aliphatic rings. The highest BCUT2D eigenvalue weighted by Gasteiger charge is 2.35. The third-order valence-electron chi connectivity index (χ3n) is 4.72. The summed E-state index contributed by atoms with van der Waals surface area (Å²) in [6.07, 6.45) is 0.709. The molecule has 2 heterocycles. The minimum atomic E-state index is -4.51. The zero-order valence-electron chi connectivity index (χ0n) is 14.1. The van der Waals surface area contributed by atoms with Crippen LogP contribution in [0.2, 0.25) is 0 Å². The van der Waals surface area contributed by atoms with E-state index in [9.17, 15) is 18.0 Å². The van der Waals surface area contributed by atoms with E-state index in [2.05, 4.69) is 17.2 Å². The molecule has 3 rings (SSSR count). The molecular weight excluding hydrogens is 369 g/mol. The fraction of sp³-hybridized carbons (Fsp3) is 0.500. The van der Waals surface area contributed by atoms with Crippen LogP contribution in [-0.2, 0) is 6.18 Å². The minimum absolute atomic E-state index is 0. The molecule has 2 N–H and O–H groups in total. The molecule has 0 aliphatic carbocycles. The molecule has 1 aromatic carbocycles. The van der Waals surface area contributed by atoms with Crippen LogP contribution in [0.3, 0.4) is 0 Å². The van der Waals surface area contributed by atoms with Crippen molar-refractivity contribution in [2.24, 2.45) is 0 Å². The zero-order chi connectivity index (χ0) is 18.0. The van der Waals surface area contributed by atoms with Gasteiger partial charge in [-0.25, -0.2) is 0 Å². The van der Waals surface area contributed by atoms with Gasteiger partial charge >= 0.3 is 6.18 Å². The number of rotatable bonds is 5. The van der Waals surface area contributed by atoms with E-state index in [1.807, 2.05) is 0 Å². The lowest BCUT2D eigenvalue weighted by molar-refractivity contribution is -0.137. The van der Waals surface area contributed by atoms with Crippen LogP contribution < -0.4 is 15.4 Å². The molecule has 1 amide bonds. The van der Waals surface area contributed by atoms with Gasteiger partial charge in [0.25, 0.3) is 5.91 Å². The van der Waals surface area contributed by atoms with Crippen molar-refractivity contribution in [2.75, 3.05) is 6.61 Å². The highest BCUT2D eigenvalue weighted by Crippen LogP contribution is 2.33. The lowest BCUT2D eigenvalue weighted by atomic mass is 9.99. The zero-order valence-corrected chi connectivity index (χ0v) is 15.0. The molecule has 26 heavy (non-hydrogen) atoms. The number of benzene rings is 1. The Balaban J connectivity index is 0.00000243. The minimum Gasteiger partial charge on any atom is -0.489 e. The average molecular weight is 391 g/mol. The third kappa shape index (κ3) is 4.71. The largest absolute Gasteiger partial charge is 0.489 e. The molecule has 1 aromatic rings. The van der Waals surface area contributed by atoms with Gasteiger partial charge in [-0.3, -0.25) is 4.79 Å². The lowest BCUT2D eigenvalue weighted by Crippen LogP contribution is -2.48. The van der Waals surface area contributed by atoms with Gasteiger partial charge in [-0.1, -0.05) is 12.7 Å². The standard InChI is InChI=1S/C18H21F3N2O2.ClH/c1-2-7-25-16-6-3-11(18(19,20)21)8-15(16)17(24)23-14-9-12-4-5-13(10-14)22-12;/h2-3,6,8,12-14,22H,1,4-5,7,9-10H2,(H,23,24);1H. The summed E-state index contributed by atoms with van der Waals surface area (Å²) in [6.45, 7) is 3.63. The Kier molecular flexibility index (Phi) is 6.58. The van der Waals surface area contributed by atoms with Crippen molar-refractivity contribution in [1.29, 1.82) is 0 Å². The molecule has 8 heteroatoms. The van der Waals surface area contributed by atoms with Crippen molar-refractivity contribution < 1.29 is 22.7 Å². The first-order valence-corrected chi connectivity index (χ1v) is 8.38. The Labute approximate surface area is 156 Å². The van der Waals surface area contributed by atoms with Crippen molar-refractivity contribution in [2.45, 2.75) is 50.0 Å². The molecule has 0 saturated carbocycles. The van der Waals surface area contributed by atoms with Crippen LogP contribution in [0.15, 0.2) is 30.9 Å². The van der Waals surface area contributed by atoms with Crippen LogP contribution in [0.1, 0.15) is 41.6 Å². The van der Waals surface area contributed by atoms with Gasteiger partial charge in [0, 0.05) is 18.1 Å². The fourth-order valence-electron chi connectivity index (χ4n) is 3.60. The smallest absolute Gasteiger partial charge is 0.416 e. The number of carbonyl (C=O) groups is 1. The molecule has 144 valence electrons. The van der Waals surface area contributed by atoms with Gasteiger partial charge in [0.2, 0.25) is 0 Å². The van der Waals surface area contributed by atoms with Crippen molar-refractivity contribution >= 4 is 18.3 Å². The first kappa shape index (κ1) is 20.6. The number of amides is 1. The topological polar surface area (TPSA) is 50.4 Å². The van der Waals surface area contributed by atoms with Crippen LogP contribution >= 0.6 is 12.4 Å². The Hall–Kier alpha value is -1.73. The monoisotopic (exact) mass is 390 g/mol. The Bertz CT molecular complexity index is 654. The van der Waals surface area contributed by atoms with Crippen molar-refractivity contribution in [3.05, 3.63) is 42.0 Å². The number of hydrogen-bond acceptors (Lipinski definition) is 3. The predicted octanol–water partition coefficient (Wildman–Crippen LogP) is 3.70. The maximum atomic E-state index is 13.0. The summed E-state index contributed by atoms with van der Waals surface area (Å²) in [4.78, 5) is 12.6. The summed E-state index contributed by atoms with van der Waals surface area (Å²) in [6, 6.07) is 3.67. The van der Waals surface area contributed by atoms with Gasteiger partial charge in [-0.15, -0.1) is 12.4 Å². The molecule has 2 unspecified atom stereocenters. The average Bonchev–Trinajstić information content (AvgIpc) is 2.90. The van der Waals surface area contributed by atoms with Crippen LogP contribution in [-0.4, -0.2) is 30.6 Å². The summed E-state index contributed by atoms with van der Waals surface area (Å²) >= 11 is 0. The number of hydrogen-bond donors (Lipinski definition) is 2. The Morgan fingerprint density at radius 3 is 2.54 bits per heavy atom. The number of alkyl halides is 3. The Morgan fingerprint density at radius 2 is 1.96 bits per heavy atom. The second kappa shape index (κ2) is 8.31.